The third-order valence-corrected chi connectivity index (χ3v) is 3.98. The fourth-order valence-corrected chi connectivity index (χ4v) is 2.54. The molecule has 2 aromatic rings. The van der Waals surface area contributed by atoms with Gasteiger partial charge in [-0.2, -0.15) is 5.10 Å². The van der Waals surface area contributed by atoms with Crippen LogP contribution in [0.1, 0.15) is 5.56 Å². The highest BCUT2D eigenvalue weighted by Gasteiger charge is 2.13. The molecule has 0 amide bonds. The normalized spacial score (nSPS) is 11.6. The summed E-state index contributed by atoms with van der Waals surface area (Å²) in [6, 6.07) is 2.88. The van der Waals surface area contributed by atoms with Crippen LogP contribution >= 0.6 is 0 Å². The van der Waals surface area contributed by atoms with Gasteiger partial charge in [-0.1, -0.05) is 0 Å². The van der Waals surface area contributed by atoms with E-state index in [1.54, 1.807) is 10.9 Å². The Bertz CT molecular complexity index is 648. The van der Waals surface area contributed by atoms with Crippen molar-refractivity contribution in [1.29, 1.82) is 0 Å². The molecule has 0 aliphatic heterocycles. The number of aromatic nitrogens is 3. The summed E-state index contributed by atoms with van der Waals surface area (Å²) < 4.78 is 28.0. The lowest BCUT2D eigenvalue weighted by atomic mass is 10.3. The number of anilines is 1. The number of nitrogens with one attached hydrogen (secondary N) is 1. The van der Waals surface area contributed by atoms with Gasteiger partial charge >= 0.3 is 0 Å². The zero-order valence-corrected chi connectivity index (χ0v) is 11.3. The van der Waals surface area contributed by atoms with Gasteiger partial charge < -0.3 is 5.73 Å². The number of nitrogens with zero attached hydrogens (tertiary/aromatic N) is 3. The quantitative estimate of drug-likeness (QED) is 0.798. The first-order valence-corrected chi connectivity index (χ1v) is 7.14. The molecular formula is C11H15N5O2S. The summed E-state index contributed by atoms with van der Waals surface area (Å²) >= 11 is 0. The zero-order chi connectivity index (χ0) is 13.9. The van der Waals surface area contributed by atoms with Gasteiger partial charge in [-0.25, -0.2) is 18.1 Å². The number of nitrogens with two attached hydrogens (primary N) is 1. The Kier molecular flexibility index (Phi) is 3.82. The van der Waals surface area contributed by atoms with Crippen LogP contribution in [-0.4, -0.2) is 29.7 Å². The lowest BCUT2D eigenvalue weighted by Crippen LogP contribution is -2.26. The van der Waals surface area contributed by atoms with Gasteiger partial charge in [-0.3, -0.25) is 4.68 Å². The number of hydrogen-bond donors (Lipinski definition) is 2. The molecule has 0 aliphatic carbocycles. The van der Waals surface area contributed by atoms with E-state index in [1.165, 1.54) is 18.3 Å². The molecular weight excluding hydrogens is 266 g/mol. The second kappa shape index (κ2) is 5.37. The van der Waals surface area contributed by atoms with Crippen molar-refractivity contribution in [2.75, 3.05) is 12.3 Å². The van der Waals surface area contributed by atoms with Crippen molar-refractivity contribution in [2.45, 2.75) is 11.3 Å². The Morgan fingerprint density at radius 2 is 2.16 bits per heavy atom. The number of sulfonamides is 1. The monoisotopic (exact) mass is 281 g/mol. The van der Waals surface area contributed by atoms with Crippen LogP contribution in [-0.2, 0) is 23.5 Å². The zero-order valence-electron chi connectivity index (χ0n) is 10.4. The molecule has 8 heteroatoms. The van der Waals surface area contributed by atoms with Crippen LogP contribution in [0.3, 0.4) is 0 Å². The summed E-state index contributed by atoms with van der Waals surface area (Å²) in [4.78, 5) is 3.86. The maximum Gasteiger partial charge on any atom is 0.242 e. The summed E-state index contributed by atoms with van der Waals surface area (Å²) in [7, 11) is -1.72. The summed E-state index contributed by atoms with van der Waals surface area (Å²) in [5.41, 5.74) is 6.39. The Morgan fingerprint density at radius 1 is 1.37 bits per heavy atom. The summed E-state index contributed by atoms with van der Waals surface area (Å²) in [6.45, 7) is 0.304. The predicted molar refractivity (Wildman–Crippen MR) is 70.7 cm³/mol. The number of pyridine rings is 1. The molecule has 0 atom stereocenters. The molecule has 2 heterocycles. The third-order valence-electron chi connectivity index (χ3n) is 2.53. The SMILES string of the molecule is Cn1cc(CCNS(=O)(=O)c2ccc(N)nc2)cn1. The van der Waals surface area contributed by atoms with Crippen molar-refractivity contribution >= 4 is 15.8 Å². The summed E-state index contributed by atoms with van der Waals surface area (Å²) in [5.74, 6) is 0.286. The van der Waals surface area contributed by atoms with Crippen molar-refractivity contribution in [3.63, 3.8) is 0 Å². The van der Waals surface area contributed by atoms with Gasteiger partial charge in [0.1, 0.15) is 10.7 Å². The Hall–Kier alpha value is -1.93. The molecule has 0 aromatic carbocycles. The van der Waals surface area contributed by atoms with Gasteiger partial charge in [-0.15, -0.1) is 0 Å². The topological polar surface area (TPSA) is 103 Å². The van der Waals surface area contributed by atoms with Crippen molar-refractivity contribution in [1.82, 2.24) is 19.5 Å². The third kappa shape index (κ3) is 3.52. The average Bonchev–Trinajstić information content (AvgIpc) is 2.75. The smallest absolute Gasteiger partial charge is 0.242 e. The van der Waals surface area contributed by atoms with E-state index in [0.29, 0.717) is 13.0 Å². The van der Waals surface area contributed by atoms with Crippen LogP contribution in [0.15, 0.2) is 35.6 Å². The Morgan fingerprint density at radius 3 is 2.74 bits per heavy atom. The molecule has 0 bridgehead atoms. The van der Waals surface area contributed by atoms with Crippen molar-refractivity contribution in [3.05, 3.63) is 36.3 Å². The van der Waals surface area contributed by atoms with Crippen LogP contribution in [0.2, 0.25) is 0 Å². The molecule has 19 heavy (non-hydrogen) atoms. The molecule has 3 N–H and O–H groups in total. The second-order valence-corrected chi connectivity index (χ2v) is 5.86. The van der Waals surface area contributed by atoms with Gasteiger partial charge in [0.2, 0.25) is 10.0 Å². The van der Waals surface area contributed by atoms with Crippen molar-refractivity contribution in [2.24, 2.45) is 7.05 Å². The molecule has 0 unspecified atom stereocenters. The van der Waals surface area contributed by atoms with Gasteiger partial charge in [0, 0.05) is 26.0 Å². The molecule has 0 saturated carbocycles. The first kappa shape index (κ1) is 13.5. The van der Waals surface area contributed by atoms with E-state index in [4.69, 9.17) is 5.73 Å². The molecule has 0 aliphatic rings. The van der Waals surface area contributed by atoms with E-state index in [1.807, 2.05) is 13.2 Å². The molecule has 0 fully saturated rings. The largest absolute Gasteiger partial charge is 0.384 e. The maximum atomic E-state index is 11.9. The minimum Gasteiger partial charge on any atom is -0.384 e. The van der Waals surface area contributed by atoms with Crippen LogP contribution < -0.4 is 10.5 Å². The Labute approximate surface area is 111 Å². The molecule has 0 radical (unpaired) electrons. The number of nitrogen functional groups attached to an aromatic ring is 1. The van der Waals surface area contributed by atoms with Crippen LogP contribution in [0.5, 0.6) is 0 Å². The molecule has 7 nitrogen and oxygen atoms in total. The fraction of sp³-hybridized carbons (Fsp3) is 0.273. The van der Waals surface area contributed by atoms with Crippen molar-refractivity contribution < 1.29 is 8.42 Å². The minimum absolute atomic E-state index is 0.105. The van der Waals surface area contributed by atoms with E-state index in [2.05, 4.69) is 14.8 Å². The van der Waals surface area contributed by atoms with E-state index in [9.17, 15) is 8.42 Å². The lowest BCUT2D eigenvalue weighted by molar-refractivity contribution is 0.581. The first-order valence-electron chi connectivity index (χ1n) is 5.66. The minimum atomic E-state index is -3.54. The molecule has 2 rings (SSSR count). The maximum absolute atomic E-state index is 11.9. The highest BCUT2D eigenvalue weighted by molar-refractivity contribution is 7.89. The van der Waals surface area contributed by atoms with Crippen LogP contribution in [0, 0.1) is 0 Å². The van der Waals surface area contributed by atoms with Gasteiger partial charge in [0.15, 0.2) is 0 Å². The lowest BCUT2D eigenvalue weighted by Gasteiger charge is -2.05. The van der Waals surface area contributed by atoms with E-state index < -0.39 is 10.0 Å². The molecule has 2 aromatic heterocycles. The molecule has 102 valence electrons. The highest BCUT2D eigenvalue weighted by Crippen LogP contribution is 2.08. The van der Waals surface area contributed by atoms with Crippen LogP contribution in [0.25, 0.3) is 0 Å². The number of hydrogen-bond acceptors (Lipinski definition) is 5. The fourth-order valence-electron chi connectivity index (χ4n) is 1.56. The highest BCUT2D eigenvalue weighted by atomic mass is 32.2. The molecule has 0 spiro atoms. The predicted octanol–water partition coefficient (Wildman–Crippen LogP) is -0.0817. The van der Waals surface area contributed by atoms with E-state index in [0.717, 1.165) is 5.56 Å². The Balaban J connectivity index is 1.96. The average molecular weight is 281 g/mol. The molecule has 0 saturated heterocycles. The van der Waals surface area contributed by atoms with Crippen LogP contribution in [0.4, 0.5) is 5.82 Å². The van der Waals surface area contributed by atoms with E-state index >= 15 is 0 Å². The summed E-state index contributed by atoms with van der Waals surface area (Å²) in [5, 5.41) is 4.02. The standard InChI is InChI=1S/C11H15N5O2S/c1-16-8-9(6-14-16)4-5-15-19(17,18)10-2-3-11(12)13-7-10/h2-3,6-8,15H,4-5H2,1H3,(H2,12,13). The van der Waals surface area contributed by atoms with Crippen molar-refractivity contribution in [3.8, 4) is 0 Å². The number of rotatable bonds is 5. The van der Waals surface area contributed by atoms with Gasteiger partial charge in [-0.05, 0) is 24.1 Å². The van der Waals surface area contributed by atoms with E-state index in [-0.39, 0.29) is 10.7 Å². The van der Waals surface area contributed by atoms with Gasteiger partial charge in [0.25, 0.3) is 0 Å². The summed E-state index contributed by atoms with van der Waals surface area (Å²) in [6.07, 6.45) is 5.37. The second-order valence-electron chi connectivity index (χ2n) is 4.09. The first-order chi connectivity index (χ1) is 8.97. The number of aryl methyl sites for hydroxylation is 1. The van der Waals surface area contributed by atoms with Gasteiger partial charge in [0.05, 0.1) is 6.20 Å².